The van der Waals surface area contributed by atoms with Gasteiger partial charge in [-0.2, -0.15) is 0 Å². The number of rotatable bonds is 5. The number of fused-ring (bicyclic) bond motifs is 1. The van der Waals surface area contributed by atoms with E-state index in [0.717, 1.165) is 29.5 Å². The third-order valence-corrected chi connectivity index (χ3v) is 5.85. The molecular weight excluding hydrogens is 314 g/mol. The van der Waals surface area contributed by atoms with Gasteiger partial charge in [0.2, 0.25) is 0 Å². The summed E-state index contributed by atoms with van der Waals surface area (Å²) in [6.45, 7) is 1.07. The highest BCUT2D eigenvalue weighted by atomic mass is 32.1. The first kappa shape index (κ1) is 15.6. The van der Waals surface area contributed by atoms with Crippen LogP contribution >= 0.6 is 11.3 Å². The maximum Gasteiger partial charge on any atom is 0.183 e. The van der Waals surface area contributed by atoms with Crippen molar-refractivity contribution in [2.75, 3.05) is 11.9 Å². The molecule has 1 aliphatic carbocycles. The molecule has 1 saturated carbocycles. The van der Waals surface area contributed by atoms with E-state index in [1.54, 1.807) is 11.3 Å². The molecule has 0 radical (unpaired) electrons. The van der Waals surface area contributed by atoms with Crippen molar-refractivity contribution < 1.29 is 0 Å². The number of anilines is 1. The Morgan fingerprint density at radius 3 is 2.67 bits per heavy atom. The Bertz CT molecular complexity index is 791. The van der Waals surface area contributed by atoms with Crippen LogP contribution in [0.5, 0.6) is 0 Å². The average molecular weight is 337 g/mol. The minimum Gasteiger partial charge on any atom is -0.361 e. The molecule has 0 atom stereocenters. The largest absolute Gasteiger partial charge is 0.361 e. The molecule has 4 rings (SSSR count). The summed E-state index contributed by atoms with van der Waals surface area (Å²) in [6.07, 6.45) is 11.6. The topological polar surface area (TPSA) is 37.8 Å². The standard InChI is InChI=1S/C20H23N3S/c1-2-4-16(5-3-1)14-22-20-23-18-7-6-17(13-19(18)24-20)12-15-8-10-21-11-9-15/h6-11,13,16H,1-5,12,14H2,(H,22,23). The van der Waals surface area contributed by atoms with Crippen molar-refractivity contribution in [3.05, 3.63) is 53.9 Å². The van der Waals surface area contributed by atoms with Crippen LogP contribution in [0.4, 0.5) is 5.13 Å². The number of hydrogen-bond acceptors (Lipinski definition) is 4. The van der Waals surface area contributed by atoms with Gasteiger partial charge in [-0.25, -0.2) is 4.98 Å². The Balaban J connectivity index is 1.44. The fraction of sp³-hybridized carbons (Fsp3) is 0.400. The van der Waals surface area contributed by atoms with Crippen molar-refractivity contribution in [2.45, 2.75) is 38.5 Å². The molecule has 0 saturated heterocycles. The van der Waals surface area contributed by atoms with Crippen LogP contribution in [0.1, 0.15) is 43.2 Å². The van der Waals surface area contributed by atoms with Crippen LogP contribution in [0.25, 0.3) is 10.2 Å². The van der Waals surface area contributed by atoms with Crippen molar-refractivity contribution in [2.24, 2.45) is 5.92 Å². The third-order valence-electron chi connectivity index (χ3n) is 4.88. The van der Waals surface area contributed by atoms with Crippen molar-refractivity contribution in [3.63, 3.8) is 0 Å². The van der Waals surface area contributed by atoms with Gasteiger partial charge in [-0.1, -0.05) is 36.7 Å². The molecule has 0 aliphatic heterocycles. The van der Waals surface area contributed by atoms with Crippen molar-refractivity contribution in [1.29, 1.82) is 0 Å². The van der Waals surface area contributed by atoms with Crippen LogP contribution in [0, 0.1) is 5.92 Å². The van der Waals surface area contributed by atoms with Gasteiger partial charge in [0.05, 0.1) is 10.2 Å². The van der Waals surface area contributed by atoms with Crippen LogP contribution in [0.3, 0.4) is 0 Å². The number of aromatic nitrogens is 2. The summed E-state index contributed by atoms with van der Waals surface area (Å²) in [7, 11) is 0. The summed E-state index contributed by atoms with van der Waals surface area (Å²) in [6, 6.07) is 10.8. The van der Waals surface area contributed by atoms with E-state index in [2.05, 4.69) is 40.6 Å². The lowest BCUT2D eigenvalue weighted by atomic mass is 9.89. The van der Waals surface area contributed by atoms with E-state index in [4.69, 9.17) is 4.98 Å². The van der Waals surface area contributed by atoms with Crippen LogP contribution < -0.4 is 5.32 Å². The van der Waals surface area contributed by atoms with Crippen LogP contribution in [0.2, 0.25) is 0 Å². The second-order valence-electron chi connectivity index (χ2n) is 6.74. The van der Waals surface area contributed by atoms with E-state index in [1.807, 2.05) is 12.4 Å². The lowest BCUT2D eigenvalue weighted by molar-refractivity contribution is 0.373. The SMILES string of the molecule is c1cc(Cc2ccc3nc(NCC4CCCCC4)sc3c2)ccn1. The molecule has 0 unspecified atom stereocenters. The zero-order valence-corrected chi connectivity index (χ0v) is 14.7. The van der Waals surface area contributed by atoms with Gasteiger partial charge < -0.3 is 5.32 Å². The highest BCUT2D eigenvalue weighted by molar-refractivity contribution is 7.22. The summed E-state index contributed by atoms with van der Waals surface area (Å²) in [5, 5.41) is 4.64. The Morgan fingerprint density at radius 2 is 1.83 bits per heavy atom. The van der Waals surface area contributed by atoms with E-state index in [9.17, 15) is 0 Å². The number of thiazole rings is 1. The molecule has 2 aromatic heterocycles. The number of pyridine rings is 1. The molecular formula is C20H23N3S. The quantitative estimate of drug-likeness (QED) is 0.689. The Hall–Kier alpha value is -1.94. The first-order valence-corrected chi connectivity index (χ1v) is 9.71. The monoisotopic (exact) mass is 337 g/mol. The first-order chi connectivity index (χ1) is 11.9. The molecule has 1 aromatic carbocycles. The van der Waals surface area contributed by atoms with Gasteiger partial charge in [0.1, 0.15) is 0 Å². The molecule has 1 aliphatic rings. The molecule has 0 spiro atoms. The van der Waals surface area contributed by atoms with Gasteiger partial charge in [0, 0.05) is 18.9 Å². The fourth-order valence-electron chi connectivity index (χ4n) is 3.51. The first-order valence-electron chi connectivity index (χ1n) is 8.89. The van der Waals surface area contributed by atoms with Crippen molar-refractivity contribution in [1.82, 2.24) is 9.97 Å². The van der Waals surface area contributed by atoms with E-state index in [0.29, 0.717) is 0 Å². The molecule has 4 heteroatoms. The van der Waals surface area contributed by atoms with Gasteiger partial charge in [0.15, 0.2) is 5.13 Å². The summed E-state index contributed by atoms with van der Waals surface area (Å²) in [4.78, 5) is 8.83. The molecule has 0 bridgehead atoms. The van der Waals surface area contributed by atoms with Gasteiger partial charge in [-0.05, 0) is 60.6 Å². The predicted molar refractivity (Wildman–Crippen MR) is 102 cm³/mol. The lowest BCUT2D eigenvalue weighted by Crippen LogP contribution is -2.16. The molecule has 1 fully saturated rings. The maximum atomic E-state index is 4.74. The van der Waals surface area contributed by atoms with Gasteiger partial charge in [-0.15, -0.1) is 0 Å². The second kappa shape index (κ2) is 7.31. The van der Waals surface area contributed by atoms with Gasteiger partial charge in [-0.3, -0.25) is 4.98 Å². The molecule has 3 aromatic rings. The molecule has 2 heterocycles. The third kappa shape index (κ3) is 3.75. The lowest BCUT2D eigenvalue weighted by Gasteiger charge is -2.21. The van der Waals surface area contributed by atoms with Gasteiger partial charge in [0.25, 0.3) is 0 Å². The van der Waals surface area contributed by atoms with Crippen molar-refractivity contribution >= 4 is 26.7 Å². The number of hydrogen-bond donors (Lipinski definition) is 1. The smallest absolute Gasteiger partial charge is 0.183 e. The number of benzene rings is 1. The fourth-order valence-corrected chi connectivity index (χ4v) is 4.45. The zero-order valence-electron chi connectivity index (χ0n) is 13.9. The Labute approximate surface area is 147 Å². The molecule has 124 valence electrons. The summed E-state index contributed by atoms with van der Waals surface area (Å²) in [5.41, 5.74) is 3.73. The minimum absolute atomic E-state index is 0.827. The second-order valence-corrected chi connectivity index (χ2v) is 7.77. The van der Waals surface area contributed by atoms with Crippen LogP contribution in [-0.4, -0.2) is 16.5 Å². The van der Waals surface area contributed by atoms with E-state index in [1.165, 1.54) is 47.9 Å². The summed E-state index contributed by atoms with van der Waals surface area (Å²) >= 11 is 1.78. The van der Waals surface area contributed by atoms with Crippen molar-refractivity contribution in [3.8, 4) is 0 Å². The molecule has 3 nitrogen and oxygen atoms in total. The molecule has 24 heavy (non-hydrogen) atoms. The Morgan fingerprint density at radius 1 is 1.00 bits per heavy atom. The summed E-state index contributed by atoms with van der Waals surface area (Å²) in [5.74, 6) is 0.827. The highest BCUT2D eigenvalue weighted by Gasteiger charge is 2.14. The average Bonchev–Trinajstić information content (AvgIpc) is 3.04. The van der Waals surface area contributed by atoms with Crippen LogP contribution in [-0.2, 0) is 6.42 Å². The number of nitrogens with zero attached hydrogens (tertiary/aromatic N) is 2. The zero-order chi connectivity index (χ0) is 16.2. The highest BCUT2D eigenvalue weighted by Crippen LogP contribution is 2.29. The Kier molecular flexibility index (Phi) is 4.74. The van der Waals surface area contributed by atoms with E-state index in [-0.39, 0.29) is 0 Å². The minimum atomic E-state index is 0.827. The summed E-state index contributed by atoms with van der Waals surface area (Å²) < 4.78 is 1.27. The van der Waals surface area contributed by atoms with E-state index >= 15 is 0 Å². The van der Waals surface area contributed by atoms with E-state index < -0.39 is 0 Å². The predicted octanol–water partition coefficient (Wildman–Crippen LogP) is 5.27. The molecule has 0 amide bonds. The maximum absolute atomic E-state index is 4.74. The molecule has 1 N–H and O–H groups in total. The normalized spacial score (nSPS) is 15.7. The van der Waals surface area contributed by atoms with Gasteiger partial charge >= 0.3 is 0 Å². The van der Waals surface area contributed by atoms with Crippen LogP contribution in [0.15, 0.2) is 42.7 Å². The number of nitrogens with one attached hydrogen (secondary N) is 1.